The Morgan fingerprint density at radius 1 is 0.600 bits per heavy atom. The lowest BCUT2D eigenvalue weighted by molar-refractivity contribution is 0.394. The number of ether oxygens (including phenoxy) is 3. The Bertz CT molecular complexity index is 563. The van der Waals surface area contributed by atoms with Gasteiger partial charge < -0.3 is 14.2 Å². The Morgan fingerprint density at radius 2 is 1.10 bits per heavy atom. The van der Waals surface area contributed by atoms with Gasteiger partial charge in [-0.25, -0.2) is 0 Å². The summed E-state index contributed by atoms with van der Waals surface area (Å²) in [6, 6.07) is 13.7. The fourth-order valence-electron chi connectivity index (χ4n) is 1.83. The molecule has 2 aromatic carbocycles. The van der Waals surface area contributed by atoms with E-state index in [1.54, 1.807) is 21.3 Å². The maximum Gasteiger partial charge on any atom is 0.123 e. The molecular formula is C17H18O3. The number of methoxy groups -OCH3 is 3. The highest BCUT2D eigenvalue weighted by atomic mass is 16.5. The van der Waals surface area contributed by atoms with Gasteiger partial charge in [-0.2, -0.15) is 0 Å². The molecule has 0 aliphatic rings. The van der Waals surface area contributed by atoms with Gasteiger partial charge in [0.05, 0.1) is 21.3 Å². The molecule has 0 amide bonds. The van der Waals surface area contributed by atoms with Gasteiger partial charge in [-0.15, -0.1) is 0 Å². The highest BCUT2D eigenvalue weighted by molar-refractivity contribution is 5.71. The molecule has 0 bridgehead atoms. The summed E-state index contributed by atoms with van der Waals surface area (Å²) in [6.45, 7) is 0. The number of rotatable bonds is 5. The van der Waals surface area contributed by atoms with E-state index in [-0.39, 0.29) is 0 Å². The van der Waals surface area contributed by atoms with E-state index < -0.39 is 0 Å². The monoisotopic (exact) mass is 276 g/mol. The standard InChI is InChI=1S/C17H18O3/c1-18-15-8-6-13(7-9-15)4-5-14-10-16(19-2)12-17(11-14)20-3/h4-12H,1-3H3/i6+1,7+1,8+1,9+1,13+1,15+1. The maximum atomic E-state index is 5.25. The predicted octanol–water partition coefficient (Wildman–Crippen LogP) is 3.88. The molecule has 0 saturated heterocycles. The molecule has 3 nitrogen and oxygen atoms in total. The molecule has 0 aliphatic heterocycles. The summed E-state index contributed by atoms with van der Waals surface area (Å²) in [7, 11) is 4.95. The molecule has 0 radical (unpaired) electrons. The Balaban J connectivity index is 2.21. The Kier molecular flexibility index (Phi) is 4.66. The van der Waals surface area contributed by atoms with Gasteiger partial charge in [0.15, 0.2) is 0 Å². The number of hydrogen-bond donors (Lipinski definition) is 0. The van der Waals surface area contributed by atoms with Gasteiger partial charge >= 0.3 is 0 Å². The van der Waals surface area contributed by atoms with Crippen LogP contribution in [0.3, 0.4) is 0 Å². The molecule has 2 rings (SSSR count). The van der Waals surface area contributed by atoms with E-state index >= 15 is 0 Å². The lowest BCUT2D eigenvalue weighted by Crippen LogP contribution is -1.88. The first kappa shape index (κ1) is 14.0. The average Bonchev–Trinajstić information content (AvgIpc) is 2.53. The highest BCUT2D eigenvalue weighted by Crippen LogP contribution is 2.24. The van der Waals surface area contributed by atoms with Gasteiger partial charge in [-0.3, -0.25) is 0 Å². The second kappa shape index (κ2) is 6.66. The van der Waals surface area contributed by atoms with Crippen molar-refractivity contribution in [3.8, 4) is 17.2 Å². The zero-order valence-electron chi connectivity index (χ0n) is 11.9. The third-order valence-corrected chi connectivity index (χ3v) is 2.96. The summed E-state index contributed by atoms with van der Waals surface area (Å²) in [6.07, 6.45) is 4.06. The molecule has 0 atom stereocenters. The molecule has 0 spiro atoms. The minimum atomic E-state index is 0.777. The molecule has 0 saturated carbocycles. The first-order chi connectivity index (χ1) is 9.75. The zero-order chi connectivity index (χ0) is 14.4. The van der Waals surface area contributed by atoms with Gasteiger partial charge in [0, 0.05) is 6.07 Å². The summed E-state index contributed by atoms with van der Waals surface area (Å²) in [5.41, 5.74) is 2.13. The molecule has 104 valence electrons. The molecule has 0 fully saturated rings. The normalized spacial score (nSPS) is 10.6. The van der Waals surface area contributed by atoms with E-state index in [2.05, 4.69) is 0 Å². The fraction of sp³-hybridized carbons (Fsp3) is 0.176. The van der Waals surface area contributed by atoms with Gasteiger partial charge in [-0.1, -0.05) is 24.3 Å². The topological polar surface area (TPSA) is 27.7 Å². The lowest BCUT2D eigenvalue weighted by Gasteiger charge is -2.05. The van der Waals surface area contributed by atoms with Crippen molar-refractivity contribution in [1.82, 2.24) is 0 Å². The van der Waals surface area contributed by atoms with E-state index in [4.69, 9.17) is 14.2 Å². The number of benzene rings is 2. The van der Waals surface area contributed by atoms with Crippen LogP contribution in [-0.2, 0) is 0 Å². The van der Waals surface area contributed by atoms with Crippen LogP contribution < -0.4 is 14.2 Å². The van der Waals surface area contributed by atoms with Crippen molar-refractivity contribution in [2.45, 2.75) is 0 Å². The van der Waals surface area contributed by atoms with Crippen LogP contribution in [0.5, 0.6) is 17.2 Å². The average molecular weight is 276 g/mol. The Morgan fingerprint density at radius 3 is 1.60 bits per heavy atom. The van der Waals surface area contributed by atoms with Crippen molar-refractivity contribution in [3.05, 3.63) is 53.6 Å². The van der Waals surface area contributed by atoms with Crippen LogP contribution in [0.2, 0.25) is 0 Å². The Labute approximate surface area is 119 Å². The first-order valence-corrected chi connectivity index (χ1v) is 6.30. The number of hydrogen-bond acceptors (Lipinski definition) is 3. The van der Waals surface area contributed by atoms with Gasteiger partial charge in [-0.05, 0) is 35.4 Å². The van der Waals surface area contributed by atoms with Gasteiger partial charge in [0.1, 0.15) is 17.2 Å². The predicted molar refractivity (Wildman–Crippen MR) is 81.5 cm³/mol. The maximum absolute atomic E-state index is 5.25. The first-order valence-electron chi connectivity index (χ1n) is 6.30. The molecule has 0 N–H and O–H groups in total. The Hall–Kier alpha value is -2.42. The lowest BCUT2D eigenvalue weighted by atomic mass is 10.2. The third kappa shape index (κ3) is 3.54. The van der Waals surface area contributed by atoms with Crippen LogP contribution in [0.25, 0.3) is 12.2 Å². The smallest absolute Gasteiger partial charge is 0.123 e. The minimum Gasteiger partial charge on any atom is -0.497 e. The SMILES string of the molecule is COc1cc(C=C[13c]2[13cH][13cH][13c](OC)[13cH][13cH]2)cc(OC)c1. The van der Waals surface area contributed by atoms with Crippen LogP contribution in [0, 0.1) is 0 Å². The van der Waals surface area contributed by atoms with Gasteiger partial charge in [0.2, 0.25) is 0 Å². The van der Waals surface area contributed by atoms with Gasteiger partial charge in [0.25, 0.3) is 0 Å². The third-order valence-electron chi connectivity index (χ3n) is 2.96. The van der Waals surface area contributed by atoms with Crippen LogP contribution in [0.1, 0.15) is 11.1 Å². The molecular weight excluding hydrogens is 258 g/mol. The quantitative estimate of drug-likeness (QED) is 0.776. The van der Waals surface area contributed by atoms with Crippen molar-refractivity contribution in [2.24, 2.45) is 0 Å². The molecule has 3 heteroatoms. The van der Waals surface area contributed by atoms with Crippen LogP contribution in [0.15, 0.2) is 42.5 Å². The molecule has 0 aliphatic carbocycles. The summed E-state index contributed by atoms with van der Waals surface area (Å²) in [5.74, 6) is 2.41. The summed E-state index contributed by atoms with van der Waals surface area (Å²) >= 11 is 0. The van der Waals surface area contributed by atoms with Crippen molar-refractivity contribution in [3.63, 3.8) is 0 Å². The summed E-state index contributed by atoms with van der Waals surface area (Å²) in [4.78, 5) is 0. The fourth-order valence-corrected chi connectivity index (χ4v) is 1.83. The highest BCUT2D eigenvalue weighted by Gasteiger charge is 1.99. The van der Waals surface area contributed by atoms with Crippen molar-refractivity contribution < 1.29 is 14.2 Å². The molecule has 20 heavy (non-hydrogen) atoms. The largest absolute Gasteiger partial charge is 0.497 e. The van der Waals surface area contributed by atoms with E-state index in [9.17, 15) is 0 Å². The van der Waals surface area contributed by atoms with E-state index in [1.165, 1.54) is 0 Å². The van der Waals surface area contributed by atoms with Crippen LogP contribution >= 0.6 is 0 Å². The summed E-state index contributed by atoms with van der Waals surface area (Å²) < 4.78 is 15.6. The second-order valence-corrected chi connectivity index (χ2v) is 4.25. The molecule has 0 aromatic heterocycles. The molecule has 2 aromatic rings. The summed E-state index contributed by atoms with van der Waals surface area (Å²) in [5, 5.41) is 0. The minimum absolute atomic E-state index is 0.777. The van der Waals surface area contributed by atoms with Crippen LogP contribution in [0.4, 0.5) is 0 Å². The van der Waals surface area contributed by atoms with E-state index in [0.717, 1.165) is 28.4 Å². The van der Waals surface area contributed by atoms with Crippen molar-refractivity contribution >= 4 is 12.2 Å². The van der Waals surface area contributed by atoms with E-state index in [0.29, 0.717) is 0 Å². The molecule has 0 unspecified atom stereocenters. The zero-order valence-corrected chi connectivity index (χ0v) is 11.9. The van der Waals surface area contributed by atoms with Crippen LogP contribution in [-0.4, -0.2) is 21.3 Å². The van der Waals surface area contributed by atoms with Crippen molar-refractivity contribution in [1.29, 1.82) is 0 Å². The van der Waals surface area contributed by atoms with E-state index in [1.807, 2.05) is 54.6 Å². The second-order valence-electron chi connectivity index (χ2n) is 4.25. The molecule has 0 heterocycles. The van der Waals surface area contributed by atoms with Crippen molar-refractivity contribution in [2.75, 3.05) is 21.3 Å².